The van der Waals surface area contributed by atoms with Crippen LogP contribution in [0.1, 0.15) is 35.2 Å². The average Bonchev–Trinajstić information content (AvgIpc) is 3.38. The lowest BCUT2D eigenvalue weighted by Gasteiger charge is -2.27. The molecule has 0 radical (unpaired) electrons. The number of ether oxygens (including phenoxy) is 3. The second-order valence-electron chi connectivity index (χ2n) is 6.59. The number of carbonyl (C=O) groups is 1. The predicted molar refractivity (Wildman–Crippen MR) is 112 cm³/mol. The molecule has 0 bridgehead atoms. The van der Waals surface area contributed by atoms with Gasteiger partial charge in [-0.25, -0.2) is 4.79 Å². The fourth-order valence-corrected chi connectivity index (χ4v) is 5.64. The molecular weight excluding hydrogens is 394 g/mol. The zero-order valence-corrected chi connectivity index (χ0v) is 17.0. The summed E-state index contributed by atoms with van der Waals surface area (Å²) in [6.45, 7) is 0.706. The number of carbonyl (C=O) groups excluding carboxylic acids is 1. The molecular formula is C21H21NO4S2. The number of hydrogen-bond acceptors (Lipinski definition) is 7. The van der Waals surface area contributed by atoms with E-state index in [1.54, 1.807) is 18.3 Å². The molecule has 2 aliphatic rings. The van der Waals surface area contributed by atoms with Crippen LogP contribution in [0, 0.1) is 0 Å². The van der Waals surface area contributed by atoms with Crippen LogP contribution >= 0.6 is 23.5 Å². The van der Waals surface area contributed by atoms with Crippen molar-refractivity contribution in [1.29, 1.82) is 0 Å². The summed E-state index contributed by atoms with van der Waals surface area (Å²) in [4.78, 5) is 16.1. The first-order valence-corrected chi connectivity index (χ1v) is 11.0. The molecule has 4 rings (SSSR count). The normalized spacial score (nSPS) is 16.3. The molecule has 0 saturated carbocycles. The monoisotopic (exact) mass is 415 g/mol. The van der Waals surface area contributed by atoms with E-state index in [0.29, 0.717) is 19.0 Å². The molecule has 3 heterocycles. The predicted octanol–water partition coefficient (Wildman–Crippen LogP) is 5.03. The summed E-state index contributed by atoms with van der Waals surface area (Å²) in [6, 6.07) is 9.60. The van der Waals surface area contributed by atoms with Crippen molar-refractivity contribution in [1.82, 2.24) is 4.98 Å². The molecule has 0 fully saturated rings. The zero-order valence-electron chi connectivity index (χ0n) is 15.3. The molecule has 1 aromatic carbocycles. The third-order valence-corrected chi connectivity index (χ3v) is 7.66. The Morgan fingerprint density at radius 2 is 2.00 bits per heavy atom. The van der Waals surface area contributed by atoms with E-state index in [1.807, 2.05) is 29.6 Å². The van der Waals surface area contributed by atoms with Gasteiger partial charge in [0.2, 0.25) is 6.79 Å². The summed E-state index contributed by atoms with van der Waals surface area (Å²) < 4.78 is 16.3. The number of pyridine rings is 1. The summed E-state index contributed by atoms with van der Waals surface area (Å²) in [7, 11) is 0. The first-order chi connectivity index (χ1) is 13.7. The van der Waals surface area contributed by atoms with Crippen molar-refractivity contribution >= 4 is 29.5 Å². The number of aromatic nitrogens is 1. The number of aryl methyl sites for hydroxylation is 1. The minimum absolute atomic E-state index is 0.0333. The maximum Gasteiger partial charge on any atom is 0.339 e. The van der Waals surface area contributed by atoms with Crippen LogP contribution in [0.5, 0.6) is 11.5 Å². The van der Waals surface area contributed by atoms with Crippen LogP contribution in [-0.4, -0.2) is 28.4 Å². The van der Waals surface area contributed by atoms with E-state index in [0.717, 1.165) is 37.2 Å². The lowest BCUT2D eigenvalue weighted by Crippen LogP contribution is -2.21. The van der Waals surface area contributed by atoms with E-state index in [4.69, 9.17) is 14.2 Å². The molecule has 1 aromatic heterocycles. The smallest absolute Gasteiger partial charge is 0.339 e. The van der Waals surface area contributed by atoms with Gasteiger partial charge in [0.15, 0.2) is 11.5 Å². The Hall–Kier alpha value is -2.12. The van der Waals surface area contributed by atoms with Gasteiger partial charge in [0.25, 0.3) is 0 Å². The second-order valence-corrected chi connectivity index (χ2v) is 9.42. The number of benzene rings is 1. The first-order valence-electron chi connectivity index (χ1n) is 9.20. The van der Waals surface area contributed by atoms with E-state index in [-0.39, 0.29) is 10.0 Å². The molecule has 0 amide bonds. The maximum atomic E-state index is 12.1. The molecule has 2 aromatic rings. The van der Waals surface area contributed by atoms with Crippen LogP contribution in [0.15, 0.2) is 53.5 Å². The zero-order chi connectivity index (χ0) is 19.2. The van der Waals surface area contributed by atoms with Gasteiger partial charge in [0.1, 0.15) is 0 Å². The molecule has 28 heavy (non-hydrogen) atoms. The lowest BCUT2D eigenvalue weighted by atomic mass is 10.0. The topological polar surface area (TPSA) is 57.7 Å². The number of hydrogen-bond donors (Lipinski definition) is 0. The van der Waals surface area contributed by atoms with Crippen molar-refractivity contribution in [2.75, 3.05) is 13.4 Å². The molecule has 146 valence electrons. The highest BCUT2D eigenvalue weighted by molar-refractivity contribution is 8.23. The average molecular weight is 416 g/mol. The van der Waals surface area contributed by atoms with E-state index >= 15 is 0 Å². The van der Waals surface area contributed by atoms with Crippen molar-refractivity contribution in [3.63, 3.8) is 0 Å². The number of nitrogens with zero attached hydrogens (tertiary/aromatic N) is 1. The number of esters is 1. The molecule has 0 N–H and O–H groups in total. The Morgan fingerprint density at radius 3 is 2.82 bits per heavy atom. The standard InChI is InChI=1S/C21H21NO4S2/c23-20(17-4-2-9-22-14-17)24-10-8-21(27-11-12-28-21)7-1-3-16-5-6-18-19(13-16)26-15-25-18/h2,4-6,9,11-14H,1,3,7-8,10,15H2. The highest BCUT2D eigenvalue weighted by atomic mass is 32.2. The van der Waals surface area contributed by atoms with E-state index < -0.39 is 0 Å². The van der Waals surface area contributed by atoms with Crippen LogP contribution in [-0.2, 0) is 11.2 Å². The van der Waals surface area contributed by atoms with E-state index in [1.165, 1.54) is 11.8 Å². The van der Waals surface area contributed by atoms with Gasteiger partial charge in [0.05, 0.1) is 16.2 Å². The summed E-state index contributed by atoms with van der Waals surface area (Å²) in [6.07, 6.45) is 7.05. The molecule has 0 atom stereocenters. The van der Waals surface area contributed by atoms with Gasteiger partial charge in [-0.1, -0.05) is 6.07 Å². The van der Waals surface area contributed by atoms with Crippen molar-refractivity contribution in [2.24, 2.45) is 0 Å². The summed E-state index contributed by atoms with van der Waals surface area (Å²) >= 11 is 3.65. The van der Waals surface area contributed by atoms with Crippen LogP contribution < -0.4 is 9.47 Å². The van der Waals surface area contributed by atoms with E-state index in [9.17, 15) is 4.79 Å². The summed E-state index contributed by atoms with van der Waals surface area (Å²) in [5.74, 6) is 1.34. The Kier molecular flexibility index (Phi) is 6.12. The SMILES string of the molecule is O=C(OCCC1(CCCc2ccc3c(c2)OCO3)SC=CS1)c1cccnc1. The third kappa shape index (κ3) is 4.64. The molecule has 2 aliphatic heterocycles. The highest BCUT2D eigenvalue weighted by Gasteiger charge is 2.32. The van der Waals surface area contributed by atoms with Gasteiger partial charge in [-0.15, -0.1) is 23.5 Å². The minimum Gasteiger partial charge on any atom is -0.462 e. The van der Waals surface area contributed by atoms with Gasteiger partial charge < -0.3 is 14.2 Å². The van der Waals surface area contributed by atoms with Gasteiger partial charge in [-0.3, -0.25) is 4.98 Å². The summed E-state index contributed by atoms with van der Waals surface area (Å²) in [5, 5.41) is 4.27. The Labute approximate surface area is 172 Å². The summed E-state index contributed by atoms with van der Waals surface area (Å²) in [5.41, 5.74) is 1.74. The third-order valence-electron chi connectivity index (χ3n) is 4.69. The largest absolute Gasteiger partial charge is 0.462 e. The van der Waals surface area contributed by atoms with Gasteiger partial charge in [-0.05, 0) is 59.9 Å². The van der Waals surface area contributed by atoms with Crippen LogP contribution in [0.2, 0.25) is 0 Å². The molecule has 0 unspecified atom stereocenters. The highest BCUT2D eigenvalue weighted by Crippen LogP contribution is 2.50. The van der Waals surface area contributed by atoms with Crippen LogP contribution in [0.4, 0.5) is 0 Å². The Balaban J connectivity index is 1.26. The minimum atomic E-state index is -0.315. The lowest BCUT2D eigenvalue weighted by molar-refractivity contribution is 0.0496. The number of rotatable bonds is 8. The Bertz CT molecular complexity index is 849. The van der Waals surface area contributed by atoms with Crippen molar-refractivity contribution in [2.45, 2.75) is 29.8 Å². The molecule has 7 heteroatoms. The van der Waals surface area contributed by atoms with Gasteiger partial charge in [0, 0.05) is 18.8 Å². The van der Waals surface area contributed by atoms with Crippen LogP contribution in [0.25, 0.3) is 0 Å². The van der Waals surface area contributed by atoms with Crippen LogP contribution in [0.3, 0.4) is 0 Å². The second kappa shape index (κ2) is 8.92. The molecule has 0 saturated heterocycles. The van der Waals surface area contributed by atoms with E-state index in [2.05, 4.69) is 27.9 Å². The van der Waals surface area contributed by atoms with Gasteiger partial charge in [-0.2, -0.15) is 0 Å². The fraction of sp³-hybridized carbons (Fsp3) is 0.333. The maximum absolute atomic E-state index is 12.1. The molecule has 5 nitrogen and oxygen atoms in total. The quantitative estimate of drug-likeness (QED) is 0.561. The van der Waals surface area contributed by atoms with Crippen molar-refractivity contribution < 1.29 is 19.0 Å². The Morgan fingerprint density at radius 1 is 1.14 bits per heavy atom. The number of thioether (sulfide) groups is 2. The molecule has 0 spiro atoms. The first kappa shape index (κ1) is 19.2. The van der Waals surface area contributed by atoms with Crippen molar-refractivity contribution in [3.05, 3.63) is 64.7 Å². The molecule has 0 aliphatic carbocycles. The fourth-order valence-electron chi connectivity index (χ4n) is 3.22. The van der Waals surface area contributed by atoms with Gasteiger partial charge >= 0.3 is 5.97 Å². The van der Waals surface area contributed by atoms with Crippen molar-refractivity contribution in [3.8, 4) is 11.5 Å². The number of fused-ring (bicyclic) bond motifs is 1.